The minimum atomic E-state index is -0.308. The van der Waals surface area contributed by atoms with Crippen molar-refractivity contribution in [1.29, 1.82) is 0 Å². The van der Waals surface area contributed by atoms with E-state index in [1.165, 1.54) is 17.7 Å². The van der Waals surface area contributed by atoms with Crippen LogP contribution in [0.2, 0.25) is 0 Å². The number of furan rings is 1. The zero-order valence-corrected chi connectivity index (χ0v) is 10.5. The van der Waals surface area contributed by atoms with E-state index >= 15 is 0 Å². The van der Waals surface area contributed by atoms with Crippen molar-refractivity contribution in [3.8, 4) is 0 Å². The molecule has 3 rings (SSSR count). The molecule has 2 aromatic heterocycles. The highest BCUT2D eigenvalue weighted by molar-refractivity contribution is 7.15. The van der Waals surface area contributed by atoms with Crippen molar-refractivity contribution in [1.82, 2.24) is 4.98 Å². The van der Waals surface area contributed by atoms with E-state index in [9.17, 15) is 4.79 Å². The maximum Gasteiger partial charge on any atom is 0.293 e. The van der Waals surface area contributed by atoms with E-state index in [0.29, 0.717) is 5.13 Å². The number of carbonyl (C=O) groups is 1. The van der Waals surface area contributed by atoms with Crippen LogP contribution in [0.25, 0.3) is 0 Å². The molecule has 0 aromatic carbocycles. The number of hydrogen-bond acceptors (Lipinski definition) is 5. The molecule has 18 heavy (non-hydrogen) atoms. The van der Waals surface area contributed by atoms with Gasteiger partial charge in [0.1, 0.15) is 0 Å². The van der Waals surface area contributed by atoms with Crippen molar-refractivity contribution in [3.63, 3.8) is 0 Å². The molecule has 0 atom stereocenters. The number of rotatable bonds is 2. The third-order valence-corrected chi connectivity index (χ3v) is 3.99. The summed E-state index contributed by atoms with van der Waals surface area (Å²) in [7, 11) is 0. The first-order valence-electron chi connectivity index (χ1n) is 5.87. The smallest absolute Gasteiger partial charge is 0.293 e. The lowest BCUT2D eigenvalue weighted by molar-refractivity contribution is 0.0997. The van der Waals surface area contributed by atoms with Gasteiger partial charge in [-0.1, -0.05) is 0 Å². The minimum absolute atomic E-state index is 0.209. The fourth-order valence-electron chi connectivity index (χ4n) is 2.04. The van der Waals surface area contributed by atoms with E-state index < -0.39 is 0 Å². The number of aryl methyl sites for hydroxylation is 2. The number of aromatic nitrogens is 1. The van der Waals surface area contributed by atoms with Crippen LogP contribution in [0.5, 0.6) is 0 Å². The summed E-state index contributed by atoms with van der Waals surface area (Å²) in [6.45, 7) is 0. The van der Waals surface area contributed by atoms with Crippen LogP contribution in [0.3, 0.4) is 0 Å². The monoisotopic (exact) mass is 263 g/mol. The normalized spacial score (nSPS) is 14.2. The largest absolute Gasteiger partial charge is 0.436 e. The highest BCUT2D eigenvalue weighted by atomic mass is 32.1. The molecule has 0 saturated carbocycles. The van der Waals surface area contributed by atoms with Gasteiger partial charge in [0.25, 0.3) is 5.91 Å². The van der Waals surface area contributed by atoms with Crippen LogP contribution in [-0.4, -0.2) is 10.9 Å². The molecule has 94 valence electrons. The van der Waals surface area contributed by atoms with Gasteiger partial charge in [-0.3, -0.25) is 10.1 Å². The van der Waals surface area contributed by atoms with Gasteiger partial charge in [0, 0.05) is 10.9 Å². The van der Waals surface area contributed by atoms with E-state index in [2.05, 4.69) is 10.3 Å². The molecule has 5 nitrogen and oxygen atoms in total. The number of hydrogen-bond donors (Lipinski definition) is 2. The number of fused-ring (bicyclic) bond motifs is 1. The van der Waals surface area contributed by atoms with Crippen LogP contribution in [0.1, 0.15) is 34.0 Å². The standard InChI is InChI=1S/C12H13N3O2S/c13-10-6-5-8(17-10)11(16)15-12-14-7-3-1-2-4-9(7)18-12/h5-6H,1-4,13H2,(H,14,15,16). The number of nitrogen functional groups attached to an aromatic ring is 1. The van der Waals surface area contributed by atoms with Crippen LogP contribution in [-0.2, 0) is 12.8 Å². The van der Waals surface area contributed by atoms with Crippen molar-refractivity contribution in [2.75, 3.05) is 11.1 Å². The fraction of sp³-hybridized carbons (Fsp3) is 0.333. The van der Waals surface area contributed by atoms with Gasteiger partial charge in [-0.15, -0.1) is 11.3 Å². The van der Waals surface area contributed by atoms with Gasteiger partial charge in [0.15, 0.2) is 16.8 Å². The summed E-state index contributed by atoms with van der Waals surface area (Å²) in [5.41, 5.74) is 6.56. The molecule has 1 aliphatic carbocycles. The molecular formula is C12H13N3O2S. The molecule has 6 heteroatoms. The first-order chi connectivity index (χ1) is 8.72. The molecule has 0 fully saturated rings. The van der Waals surface area contributed by atoms with Gasteiger partial charge in [-0.05, 0) is 31.7 Å². The van der Waals surface area contributed by atoms with E-state index in [1.54, 1.807) is 23.5 Å². The molecule has 0 radical (unpaired) electrons. The lowest BCUT2D eigenvalue weighted by Gasteiger charge is -2.06. The molecule has 0 saturated heterocycles. The number of nitrogens with zero attached hydrogens (tertiary/aromatic N) is 1. The topological polar surface area (TPSA) is 81.2 Å². The first kappa shape index (κ1) is 11.3. The molecule has 2 aromatic rings. The lowest BCUT2D eigenvalue weighted by Crippen LogP contribution is -2.10. The van der Waals surface area contributed by atoms with Crippen LogP contribution in [0, 0.1) is 0 Å². The molecule has 0 aliphatic heterocycles. The number of nitrogens with two attached hydrogens (primary N) is 1. The Labute approximate surface area is 108 Å². The van der Waals surface area contributed by atoms with Gasteiger partial charge in [-0.25, -0.2) is 4.98 Å². The van der Waals surface area contributed by atoms with Crippen LogP contribution < -0.4 is 11.1 Å². The van der Waals surface area contributed by atoms with Crippen molar-refractivity contribution in [2.45, 2.75) is 25.7 Å². The van der Waals surface area contributed by atoms with E-state index in [1.807, 2.05) is 0 Å². The Morgan fingerprint density at radius 1 is 1.39 bits per heavy atom. The molecule has 1 amide bonds. The Morgan fingerprint density at radius 3 is 2.94 bits per heavy atom. The summed E-state index contributed by atoms with van der Waals surface area (Å²) < 4.78 is 5.06. The summed E-state index contributed by atoms with van der Waals surface area (Å²) in [5.74, 6) is 0.136. The minimum Gasteiger partial charge on any atom is -0.436 e. The average molecular weight is 263 g/mol. The molecule has 0 unspecified atom stereocenters. The van der Waals surface area contributed by atoms with Gasteiger partial charge in [0.05, 0.1) is 5.69 Å². The second kappa shape index (κ2) is 4.45. The van der Waals surface area contributed by atoms with Crippen molar-refractivity contribution >= 4 is 28.3 Å². The number of amides is 1. The van der Waals surface area contributed by atoms with Crippen LogP contribution >= 0.6 is 11.3 Å². The average Bonchev–Trinajstić information content (AvgIpc) is 2.94. The Kier molecular flexibility index (Phi) is 2.79. The number of carbonyl (C=O) groups excluding carboxylic acids is 1. The highest BCUT2D eigenvalue weighted by Crippen LogP contribution is 2.29. The summed E-state index contributed by atoms with van der Waals surface area (Å²) in [5, 5.41) is 3.39. The van der Waals surface area contributed by atoms with Crippen molar-refractivity contribution in [3.05, 3.63) is 28.5 Å². The third-order valence-electron chi connectivity index (χ3n) is 2.92. The lowest BCUT2D eigenvalue weighted by atomic mass is 10.0. The molecule has 0 spiro atoms. The maximum absolute atomic E-state index is 11.8. The first-order valence-corrected chi connectivity index (χ1v) is 6.69. The number of nitrogens with one attached hydrogen (secondary N) is 1. The Balaban J connectivity index is 1.76. The summed E-state index contributed by atoms with van der Waals surface area (Å²) >= 11 is 1.55. The van der Waals surface area contributed by atoms with E-state index in [-0.39, 0.29) is 17.6 Å². The molecule has 0 bridgehead atoms. The fourth-order valence-corrected chi connectivity index (χ4v) is 3.08. The SMILES string of the molecule is Nc1ccc(C(=O)Nc2nc3c(s2)CCCC3)o1. The predicted molar refractivity (Wildman–Crippen MR) is 69.8 cm³/mol. The highest BCUT2D eigenvalue weighted by Gasteiger charge is 2.17. The van der Waals surface area contributed by atoms with E-state index in [0.717, 1.165) is 18.5 Å². The van der Waals surface area contributed by atoms with Gasteiger partial charge < -0.3 is 10.2 Å². The zero-order valence-electron chi connectivity index (χ0n) is 9.73. The summed E-state index contributed by atoms with van der Waals surface area (Å²) in [6.07, 6.45) is 4.46. The van der Waals surface area contributed by atoms with Gasteiger partial charge >= 0.3 is 0 Å². The maximum atomic E-state index is 11.8. The Morgan fingerprint density at radius 2 is 2.22 bits per heavy atom. The van der Waals surface area contributed by atoms with E-state index in [4.69, 9.17) is 10.2 Å². The summed E-state index contributed by atoms with van der Waals surface area (Å²) in [4.78, 5) is 17.6. The number of anilines is 2. The Bertz CT molecular complexity index is 564. The van der Waals surface area contributed by atoms with Gasteiger partial charge in [-0.2, -0.15) is 0 Å². The Hall–Kier alpha value is -1.82. The van der Waals surface area contributed by atoms with Gasteiger partial charge in [0.2, 0.25) is 0 Å². The summed E-state index contributed by atoms with van der Waals surface area (Å²) in [6, 6.07) is 3.11. The zero-order chi connectivity index (χ0) is 12.5. The molecule has 3 N–H and O–H groups in total. The second-order valence-corrected chi connectivity index (χ2v) is 5.34. The van der Waals surface area contributed by atoms with Crippen LogP contribution in [0.15, 0.2) is 16.5 Å². The van der Waals surface area contributed by atoms with Crippen LogP contribution in [0.4, 0.5) is 11.0 Å². The van der Waals surface area contributed by atoms with Crippen molar-refractivity contribution in [2.24, 2.45) is 0 Å². The van der Waals surface area contributed by atoms with Crippen molar-refractivity contribution < 1.29 is 9.21 Å². The molecule has 2 heterocycles. The quantitative estimate of drug-likeness (QED) is 0.872. The second-order valence-electron chi connectivity index (χ2n) is 4.25. The number of thiazole rings is 1. The predicted octanol–water partition coefficient (Wildman–Crippen LogP) is 2.45. The third kappa shape index (κ3) is 2.11. The molecular weight excluding hydrogens is 250 g/mol. The molecule has 1 aliphatic rings.